The molecule has 5 nitrogen and oxygen atoms in total. The molecule has 6 heteroatoms. The Bertz CT molecular complexity index is 375. The average molecular weight is 260 g/mol. The fourth-order valence-electron chi connectivity index (χ4n) is 1.61. The molecule has 1 aromatic heterocycles. The van der Waals surface area contributed by atoms with Crippen LogP contribution in [0.25, 0.3) is 0 Å². The minimum atomic E-state index is 0.0817. The predicted molar refractivity (Wildman–Crippen MR) is 68.7 cm³/mol. The van der Waals surface area contributed by atoms with Crippen molar-refractivity contribution in [1.82, 2.24) is 9.47 Å². The second kappa shape index (κ2) is 7.60. The van der Waals surface area contributed by atoms with Crippen molar-refractivity contribution in [2.75, 3.05) is 40.0 Å². The van der Waals surface area contributed by atoms with Crippen LogP contribution in [0.5, 0.6) is 0 Å². The Hall–Kier alpha value is -0.690. The van der Waals surface area contributed by atoms with Gasteiger partial charge in [-0.1, -0.05) is 11.3 Å². The van der Waals surface area contributed by atoms with E-state index in [0.29, 0.717) is 19.7 Å². The molecule has 0 radical (unpaired) electrons. The van der Waals surface area contributed by atoms with E-state index in [9.17, 15) is 4.79 Å². The lowest BCUT2D eigenvalue weighted by molar-refractivity contribution is 0.128. The van der Waals surface area contributed by atoms with Gasteiger partial charge >= 0.3 is 4.87 Å². The van der Waals surface area contributed by atoms with Crippen LogP contribution in [0.15, 0.2) is 10.2 Å². The Kier molecular flexibility index (Phi) is 6.43. The average Bonchev–Trinajstić information content (AvgIpc) is 2.63. The number of hydrogen-bond donors (Lipinski definition) is 1. The van der Waals surface area contributed by atoms with Gasteiger partial charge in [-0.2, -0.15) is 0 Å². The molecule has 0 aliphatic heterocycles. The summed E-state index contributed by atoms with van der Waals surface area (Å²) in [6.07, 6.45) is 0. The van der Waals surface area contributed by atoms with E-state index >= 15 is 0 Å². The van der Waals surface area contributed by atoms with Gasteiger partial charge < -0.3 is 14.4 Å². The zero-order valence-electron chi connectivity index (χ0n) is 10.4. The van der Waals surface area contributed by atoms with Crippen LogP contribution in [0.3, 0.4) is 0 Å². The minimum Gasteiger partial charge on any atom is -0.395 e. The Morgan fingerprint density at radius 1 is 1.47 bits per heavy atom. The summed E-state index contributed by atoms with van der Waals surface area (Å²) < 4.78 is 6.78. The van der Waals surface area contributed by atoms with Gasteiger partial charge in [0.2, 0.25) is 0 Å². The molecule has 0 spiro atoms. The van der Waals surface area contributed by atoms with Crippen LogP contribution in [0.1, 0.15) is 5.69 Å². The lowest BCUT2D eigenvalue weighted by Gasteiger charge is -2.21. The number of aliphatic hydroxyl groups excluding tert-OH is 1. The zero-order valence-corrected chi connectivity index (χ0v) is 11.2. The first kappa shape index (κ1) is 14.4. The zero-order chi connectivity index (χ0) is 12.7. The summed E-state index contributed by atoms with van der Waals surface area (Å²) in [5.74, 6) is 0. The lowest BCUT2D eigenvalue weighted by Crippen LogP contribution is -2.34. The van der Waals surface area contributed by atoms with E-state index in [0.717, 1.165) is 18.8 Å². The summed E-state index contributed by atoms with van der Waals surface area (Å²) in [7, 11) is 1.66. The largest absolute Gasteiger partial charge is 0.395 e. The highest BCUT2D eigenvalue weighted by Crippen LogP contribution is 2.00. The van der Waals surface area contributed by atoms with Crippen LogP contribution in [0, 0.1) is 6.92 Å². The smallest absolute Gasteiger partial charge is 0.307 e. The maximum atomic E-state index is 11.5. The van der Waals surface area contributed by atoms with Gasteiger partial charge in [0.1, 0.15) is 0 Å². The molecule has 17 heavy (non-hydrogen) atoms. The van der Waals surface area contributed by atoms with Gasteiger partial charge in [0.05, 0.1) is 13.2 Å². The summed E-state index contributed by atoms with van der Waals surface area (Å²) in [4.78, 5) is 13.7. The van der Waals surface area contributed by atoms with Crippen LogP contribution in [-0.2, 0) is 11.3 Å². The molecule has 0 saturated heterocycles. The third kappa shape index (κ3) is 4.59. The van der Waals surface area contributed by atoms with Gasteiger partial charge in [0.15, 0.2) is 0 Å². The lowest BCUT2D eigenvalue weighted by atomic mass is 10.4. The second-order valence-corrected chi connectivity index (χ2v) is 4.67. The van der Waals surface area contributed by atoms with E-state index in [-0.39, 0.29) is 11.5 Å². The number of methoxy groups -OCH3 is 1. The summed E-state index contributed by atoms with van der Waals surface area (Å²) in [6, 6.07) is 0. The Labute approximate surface area is 105 Å². The molecule has 1 rings (SSSR count). The molecule has 1 N–H and O–H groups in total. The van der Waals surface area contributed by atoms with Gasteiger partial charge in [0.25, 0.3) is 0 Å². The standard InChI is InChI=1S/C11H20N2O3S/c1-10-9-17-11(15)13(10)4-3-12(5-7-14)6-8-16-2/h9,14H,3-8H2,1-2H3. The maximum Gasteiger partial charge on any atom is 0.307 e. The van der Waals surface area contributed by atoms with Crippen molar-refractivity contribution >= 4 is 11.3 Å². The number of nitrogens with zero attached hydrogens (tertiary/aromatic N) is 2. The SMILES string of the molecule is COCCN(CCO)CCn1c(C)csc1=O. The fraction of sp³-hybridized carbons (Fsp3) is 0.727. The van der Waals surface area contributed by atoms with E-state index < -0.39 is 0 Å². The quantitative estimate of drug-likeness (QED) is 0.723. The van der Waals surface area contributed by atoms with Crippen LogP contribution in [-0.4, -0.2) is 54.5 Å². The number of hydrogen-bond acceptors (Lipinski definition) is 5. The van der Waals surface area contributed by atoms with Gasteiger partial charge in [0, 0.05) is 44.4 Å². The van der Waals surface area contributed by atoms with E-state index in [1.807, 2.05) is 12.3 Å². The maximum absolute atomic E-state index is 11.5. The Balaban J connectivity index is 2.48. The molecule has 0 saturated carbocycles. The van der Waals surface area contributed by atoms with Crippen molar-refractivity contribution in [1.29, 1.82) is 0 Å². The third-order valence-electron chi connectivity index (χ3n) is 2.64. The molecule has 98 valence electrons. The van der Waals surface area contributed by atoms with Crippen molar-refractivity contribution in [3.8, 4) is 0 Å². The molecule has 0 unspecified atom stereocenters. The van der Waals surface area contributed by atoms with Gasteiger partial charge in [-0.3, -0.25) is 9.69 Å². The summed E-state index contributed by atoms with van der Waals surface area (Å²) in [6.45, 7) is 5.50. The number of ether oxygens (including phenoxy) is 1. The molecule has 1 aromatic rings. The summed E-state index contributed by atoms with van der Waals surface area (Å²) in [5.41, 5.74) is 0.996. The number of rotatable bonds is 8. The normalized spacial score (nSPS) is 11.3. The topological polar surface area (TPSA) is 54.7 Å². The van der Waals surface area contributed by atoms with Gasteiger partial charge in [-0.25, -0.2) is 0 Å². The van der Waals surface area contributed by atoms with Crippen molar-refractivity contribution in [2.45, 2.75) is 13.5 Å². The molecule has 0 bridgehead atoms. The van der Waals surface area contributed by atoms with Crippen molar-refractivity contribution in [3.63, 3.8) is 0 Å². The Morgan fingerprint density at radius 3 is 2.76 bits per heavy atom. The van der Waals surface area contributed by atoms with E-state index in [1.54, 1.807) is 11.7 Å². The van der Waals surface area contributed by atoms with E-state index in [4.69, 9.17) is 9.84 Å². The molecule has 1 heterocycles. The van der Waals surface area contributed by atoms with Gasteiger partial charge in [-0.05, 0) is 6.92 Å². The molecule has 0 aliphatic rings. The number of aryl methyl sites for hydroxylation is 1. The third-order valence-corrected chi connectivity index (χ3v) is 3.53. The fourth-order valence-corrected chi connectivity index (χ4v) is 2.37. The summed E-state index contributed by atoms with van der Waals surface area (Å²) >= 11 is 1.23. The molecular formula is C11H20N2O3S. The molecular weight excluding hydrogens is 240 g/mol. The van der Waals surface area contributed by atoms with Crippen LogP contribution in [0.4, 0.5) is 0 Å². The molecule has 0 aliphatic carbocycles. The highest BCUT2D eigenvalue weighted by molar-refractivity contribution is 7.07. The number of aromatic nitrogens is 1. The van der Waals surface area contributed by atoms with Crippen molar-refractivity contribution < 1.29 is 9.84 Å². The number of thiazole rings is 1. The van der Waals surface area contributed by atoms with Crippen LogP contribution >= 0.6 is 11.3 Å². The first-order chi connectivity index (χ1) is 8.19. The highest BCUT2D eigenvalue weighted by Gasteiger charge is 2.07. The molecule has 0 aromatic carbocycles. The molecule has 0 amide bonds. The van der Waals surface area contributed by atoms with Crippen molar-refractivity contribution in [3.05, 3.63) is 20.7 Å². The van der Waals surface area contributed by atoms with Crippen LogP contribution in [0.2, 0.25) is 0 Å². The predicted octanol–water partition coefficient (Wildman–Crippen LogP) is 0.159. The van der Waals surface area contributed by atoms with Crippen molar-refractivity contribution in [2.24, 2.45) is 0 Å². The monoisotopic (exact) mass is 260 g/mol. The summed E-state index contributed by atoms with van der Waals surface area (Å²) in [5, 5.41) is 10.8. The minimum absolute atomic E-state index is 0.0817. The Morgan fingerprint density at radius 2 is 2.24 bits per heavy atom. The van der Waals surface area contributed by atoms with Crippen LogP contribution < -0.4 is 4.87 Å². The van der Waals surface area contributed by atoms with E-state index in [2.05, 4.69) is 4.90 Å². The number of aliphatic hydroxyl groups is 1. The molecule has 0 fully saturated rings. The second-order valence-electron chi connectivity index (χ2n) is 3.85. The first-order valence-corrected chi connectivity index (χ1v) is 6.54. The first-order valence-electron chi connectivity index (χ1n) is 5.66. The molecule has 0 atom stereocenters. The van der Waals surface area contributed by atoms with Gasteiger partial charge in [-0.15, -0.1) is 0 Å². The highest BCUT2D eigenvalue weighted by atomic mass is 32.1. The van der Waals surface area contributed by atoms with E-state index in [1.165, 1.54) is 11.3 Å².